The quantitative estimate of drug-likeness (QED) is 0.760. The van der Waals surface area contributed by atoms with Gasteiger partial charge in [0.1, 0.15) is 0 Å². The van der Waals surface area contributed by atoms with Crippen LogP contribution in [0.15, 0.2) is 0 Å². The minimum Gasteiger partial charge on any atom is -0.393 e. The van der Waals surface area contributed by atoms with Crippen LogP contribution >= 0.6 is 0 Å². The first kappa shape index (κ1) is 11.0. The second-order valence-electron chi connectivity index (χ2n) is 5.78. The molecule has 0 aromatic carbocycles. The van der Waals surface area contributed by atoms with Crippen molar-refractivity contribution in [2.75, 3.05) is 26.2 Å². The molecule has 16 heavy (non-hydrogen) atoms. The zero-order valence-electron chi connectivity index (χ0n) is 10.1. The van der Waals surface area contributed by atoms with Crippen molar-refractivity contribution in [1.29, 1.82) is 0 Å². The lowest BCUT2D eigenvalue weighted by Crippen LogP contribution is -2.52. The molecule has 1 aliphatic heterocycles. The molecule has 2 unspecified atom stereocenters. The van der Waals surface area contributed by atoms with Crippen LogP contribution in [0.25, 0.3) is 0 Å². The molecule has 0 aromatic rings. The lowest BCUT2D eigenvalue weighted by Gasteiger charge is -2.41. The SMILES string of the molecule is OC1CCCC(N2CCN(C3CC3)CC2)C1. The van der Waals surface area contributed by atoms with E-state index < -0.39 is 0 Å². The average molecular weight is 224 g/mol. The molecule has 0 radical (unpaired) electrons. The van der Waals surface area contributed by atoms with Gasteiger partial charge in [0.25, 0.3) is 0 Å². The van der Waals surface area contributed by atoms with Crippen molar-refractivity contribution >= 4 is 0 Å². The van der Waals surface area contributed by atoms with Crippen LogP contribution in [0.5, 0.6) is 0 Å². The second-order valence-corrected chi connectivity index (χ2v) is 5.78. The zero-order chi connectivity index (χ0) is 11.0. The Morgan fingerprint density at radius 2 is 1.38 bits per heavy atom. The van der Waals surface area contributed by atoms with Gasteiger partial charge < -0.3 is 5.11 Å². The standard InChI is InChI=1S/C13H24N2O/c16-13-3-1-2-12(10-13)15-8-6-14(7-9-15)11-4-5-11/h11-13,16H,1-10H2. The minimum atomic E-state index is -0.0276. The third-order valence-electron chi connectivity index (χ3n) is 4.55. The Labute approximate surface area is 98.4 Å². The predicted octanol–water partition coefficient (Wildman–Crippen LogP) is 1.07. The summed E-state index contributed by atoms with van der Waals surface area (Å²) in [5, 5.41) is 9.72. The van der Waals surface area contributed by atoms with E-state index in [2.05, 4.69) is 9.80 Å². The van der Waals surface area contributed by atoms with Crippen molar-refractivity contribution in [3.8, 4) is 0 Å². The van der Waals surface area contributed by atoms with Gasteiger partial charge in [-0.1, -0.05) is 0 Å². The minimum absolute atomic E-state index is 0.0276. The van der Waals surface area contributed by atoms with Gasteiger partial charge in [-0.15, -0.1) is 0 Å². The molecule has 0 aromatic heterocycles. The Balaban J connectivity index is 1.48. The molecular formula is C13H24N2O. The fourth-order valence-electron chi connectivity index (χ4n) is 3.38. The van der Waals surface area contributed by atoms with Crippen molar-refractivity contribution in [2.45, 2.75) is 56.7 Å². The molecule has 0 spiro atoms. The molecule has 3 nitrogen and oxygen atoms in total. The maximum absolute atomic E-state index is 9.72. The van der Waals surface area contributed by atoms with Crippen molar-refractivity contribution in [3.05, 3.63) is 0 Å². The molecule has 2 atom stereocenters. The van der Waals surface area contributed by atoms with E-state index >= 15 is 0 Å². The summed E-state index contributed by atoms with van der Waals surface area (Å²) in [4.78, 5) is 5.29. The highest BCUT2D eigenvalue weighted by molar-refractivity contribution is 4.90. The van der Waals surface area contributed by atoms with E-state index in [4.69, 9.17) is 0 Å². The summed E-state index contributed by atoms with van der Waals surface area (Å²) in [7, 11) is 0. The van der Waals surface area contributed by atoms with Gasteiger partial charge in [0.05, 0.1) is 6.10 Å². The Hall–Kier alpha value is -0.120. The fraction of sp³-hybridized carbons (Fsp3) is 1.00. The first-order chi connectivity index (χ1) is 7.83. The number of hydrogen-bond donors (Lipinski definition) is 1. The second kappa shape index (κ2) is 4.63. The Morgan fingerprint density at radius 3 is 1.94 bits per heavy atom. The highest BCUT2D eigenvalue weighted by atomic mass is 16.3. The number of nitrogens with zero attached hydrogens (tertiary/aromatic N) is 2. The molecule has 0 bridgehead atoms. The van der Waals surface area contributed by atoms with E-state index in [0.29, 0.717) is 6.04 Å². The number of aliphatic hydroxyl groups excluding tert-OH is 1. The summed E-state index contributed by atoms with van der Waals surface area (Å²) < 4.78 is 0. The van der Waals surface area contributed by atoms with Gasteiger partial charge in [-0.2, -0.15) is 0 Å². The van der Waals surface area contributed by atoms with Gasteiger partial charge in [-0.3, -0.25) is 9.80 Å². The van der Waals surface area contributed by atoms with Gasteiger partial charge in [-0.05, 0) is 38.5 Å². The van der Waals surface area contributed by atoms with E-state index in [-0.39, 0.29) is 6.10 Å². The molecule has 2 saturated carbocycles. The Kier molecular flexibility index (Phi) is 3.18. The smallest absolute Gasteiger partial charge is 0.0555 e. The van der Waals surface area contributed by atoms with Gasteiger partial charge in [0.15, 0.2) is 0 Å². The van der Waals surface area contributed by atoms with Crippen molar-refractivity contribution < 1.29 is 5.11 Å². The molecule has 92 valence electrons. The maximum atomic E-state index is 9.72. The lowest BCUT2D eigenvalue weighted by atomic mass is 9.91. The third kappa shape index (κ3) is 2.41. The van der Waals surface area contributed by atoms with Crippen LogP contribution in [0.3, 0.4) is 0 Å². The molecule has 2 aliphatic carbocycles. The molecule has 0 amide bonds. The maximum Gasteiger partial charge on any atom is 0.0555 e. The van der Waals surface area contributed by atoms with Crippen LogP contribution in [0.4, 0.5) is 0 Å². The molecule has 3 heteroatoms. The predicted molar refractivity (Wildman–Crippen MR) is 64.4 cm³/mol. The normalized spacial score (nSPS) is 38.8. The number of rotatable bonds is 2. The molecule has 3 aliphatic rings. The molecule has 3 fully saturated rings. The fourth-order valence-corrected chi connectivity index (χ4v) is 3.38. The van der Waals surface area contributed by atoms with E-state index in [9.17, 15) is 5.11 Å². The van der Waals surface area contributed by atoms with E-state index in [1.807, 2.05) is 0 Å². The van der Waals surface area contributed by atoms with Gasteiger partial charge in [-0.25, -0.2) is 0 Å². The monoisotopic (exact) mass is 224 g/mol. The van der Waals surface area contributed by atoms with E-state index in [1.165, 1.54) is 51.9 Å². The summed E-state index contributed by atoms with van der Waals surface area (Å²) in [6, 6.07) is 1.60. The topological polar surface area (TPSA) is 26.7 Å². The van der Waals surface area contributed by atoms with E-state index in [1.54, 1.807) is 0 Å². The summed E-state index contributed by atoms with van der Waals surface area (Å²) in [5.41, 5.74) is 0. The average Bonchev–Trinajstić information content (AvgIpc) is 3.13. The summed E-state index contributed by atoms with van der Waals surface area (Å²) in [6.45, 7) is 4.98. The Morgan fingerprint density at radius 1 is 0.750 bits per heavy atom. The Bertz CT molecular complexity index is 234. The highest BCUT2D eigenvalue weighted by Crippen LogP contribution is 2.29. The summed E-state index contributed by atoms with van der Waals surface area (Å²) in [6.07, 6.45) is 7.40. The zero-order valence-corrected chi connectivity index (χ0v) is 10.1. The van der Waals surface area contributed by atoms with Crippen molar-refractivity contribution in [3.63, 3.8) is 0 Å². The van der Waals surface area contributed by atoms with Crippen LogP contribution in [-0.2, 0) is 0 Å². The number of piperazine rings is 1. The van der Waals surface area contributed by atoms with Crippen molar-refractivity contribution in [2.24, 2.45) is 0 Å². The first-order valence-electron chi connectivity index (χ1n) is 6.99. The molecule has 1 saturated heterocycles. The lowest BCUT2D eigenvalue weighted by molar-refractivity contribution is 0.0321. The molecule has 1 N–H and O–H groups in total. The van der Waals surface area contributed by atoms with Gasteiger partial charge in [0.2, 0.25) is 0 Å². The van der Waals surface area contributed by atoms with Crippen molar-refractivity contribution in [1.82, 2.24) is 9.80 Å². The van der Waals surface area contributed by atoms with Crippen LogP contribution in [0, 0.1) is 0 Å². The summed E-state index contributed by atoms with van der Waals surface area (Å²) in [5.74, 6) is 0. The summed E-state index contributed by atoms with van der Waals surface area (Å²) >= 11 is 0. The van der Waals surface area contributed by atoms with Gasteiger partial charge in [0, 0.05) is 38.3 Å². The first-order valence-corrected chi connectivity index (χ1v) is 6.99. The molecular weight excluding hydrogens is 200 g/mol. The highest BCUT2D eigenvalue weighted by Gasteiger charge is 2.33. The molecule has 1 heterocycles. The van der Waals surface area contributed by atoms with E-state index in [0.717, 1.165) is 18.9 Å². The number of aliphatic hydroxyl groups is 1. The van der Waals surface area contributed by atoms with Gasteiger partial charge >= 0.3 is 0 Å². The third-order valence-corrected chi connectivity index (χ3v) is 4.55. The largest absolute Gasteiger partial charge is 0.393 e. The van der Waals surface area contributed by atoms with Crippen LogP contribution < -0.4 is 0 Å². The van der Waals surface area contributed by atoms with Crippen LogP contribution in [-0.4, -0.2) is 59.3 Å². The number of hydrogen-bond acceptors (Lipinski definition) is 3. The van der Waals surface area contributed by atoms with Crippen LogP contribution in [0.1, 0.15) is 38.5 Å². The molecule has 3 rings (SSSR count). The van der Waals surface area contributed by atoms with Crippen LogP contribution in [0.2, 0.25) is 0 Å².